The quantitative estimate of drug-likeness (QED) is 0.836. The van der Waals surface area contributed by atoms with E-state index < -0.39 is 11.6 Å². The number of aliphatic carboxylic acids is 1. The minimum atomic E-state index is -0.935. The highest BCUT2D eigenvalue weighted by atomic mass is 16.4. The molecule has 2 N–H and O–H groups in total. The maximum Gasteiger partial charge on any atom is 0.328 e. The third-order valence-corrected chi connectivity index (χ3v) is 3.96. The summed E-state index contributed by atoms with van der Waals surface area (Å²) < 4.78 is 0. The van der Waals surface area contributed by atoms with Crippen LogP contribution in [0.25, 0.3) is 6.08 Å². The summed E-state index contributed by atoms with van der Waals surface area (Å²) in [5.41, 5.74) is 1.57. The van der Waals surface area contributed by atoms with Crippen molar-refractivity contribution in [2.24, 2.45) is 0 Å². The van der Waals surface area contributed by atoms with Gasteiger partial charge in [0.15, 0.2) is 0 Å². The first-order valence-corrected chi connectivity index (χ1v) is 7.39. The number of likely N-dealkylation sites (tertiary alicyclic amines) is 1. The van der Waals surface area contributed by atoms with Crippen molar-refractivity contribution >= 4 is 12.0 Å². The van der Waals surface area contributed by atoms with Crippen molar-refractivity contribution in [1.29, 1.82) is 0 Å². The zero-order chi connectivity index (χ0) is 15.3. The molecule has 1 heterocycles. The van der Waals surface area contributed by atoms with E-state index in [1.165, 1.54) is 5.56 Å². The summed E-state index contributed by atoms with van der Waals surface area (Å²) in [6, 6.07) is 7.93. The molecule has 0 bridgehead atoms. The van der Waals surface area contributed by atoms with Crippen LogP contribution in [0.1, 0.15) is 37.3 Å². The van der Waals surface area contributed by atoms with Gasteiger partial charge in [-0.1, -0.05) is 24.3 Å². The van der Waals surface area contributed by atoms with Crippen LogP contribution in [0.2, 0.25) is 0 Å². The Hall–Kier alpha value is -1.65. The fourth-order valence-electron chi connectivity index (χ4n) is 2.64. The zero-order valence-electron chi connectivity index (χ0n) is 12.5. The molecule has 2 rings (SSSR count). The first kappa shape index (κ1) is 15.7. The predicted molar refractivity (Wildman–Crippen MR) is 82.9 cm³/mol. The van der Waals surface area contributed by atoms with Crippen LogP contribution in [0.4, 0.5) is 0 Å². The molecule has 0 saturated carbocycles. The van der Waals surface area contributed by atoms with E-state index in [-0.39, 0.29) is 0 Å². The van der Waals surface area contributed by atoms with E-state index in [0.29, 0.717) is 0 Å². The minimum Gasteiger partial charge on any atom is -0.478 e. The first-order chi connectivity index (χ1) is 9.94. The summed E-state index contributed by atoms with van der Waals surface area (Å²) in [6.45, 7) is 4.71. The number of rotatable bonds is 4. The maximum absolute atomic E-state index is 10.5. The van der Waals surface area contributed by atoms with E-state index in [4.69, 9.17) is 5.11 Å². The van der Waals surface area contributed by atoms with E-state index in [2.05, 4.69) is 4.90 Å². The molecule has 1 atom stereocenters. The molecule has 21 heavy (non-hydrogen) atoms. The van der Waals surface area contributed by atoms with Crippen molar-refractivity contribution in [3.63, 3.8) is 0 Å². The Kier molecular flexibility index (Phi) is 5.15. The van der Waals surface area contributed by atoms with E-state index in [1.807, 2.05) is 31.2 Å². The predicted octanol–water partition coefficient (Wildman–Crippen LogP) is 2.52. The molecule has 1 saturated heterocycles. The largest absolute Gasteiger partial charge is 0.478 e. The Morgan fingerprint density at radius 2 is 2.00 bits per heavy atom. The van der Waals surface area contributed by atoms with Gasteiger partial charge in [0.1, 0.15) is 0 Å². The van der Waals surface area contributed by atoms with Gasteiger partial charge in [0.25, 0.3) is 0 Å². The van der Waals surface area contributed by atoms with Crippen molar-refractivity contribution in [1.82, 2.24) is 4.90 Å². The van der Waals surface area contributed by atoms with Crippen LogP contribution < -0.4 is 0 Å². The molecule has 0 amide bonds. The van der Waals surface area contributed by atoms with E-state index >= 15 is 0 Å². The molecule has 1 aromatic rings. The number of carbonyl (C=O) groups is 1. The van der Waals surface area contributed by atoms with Crippen molar-refractivity contribution < 1.29 is 15.0 Å². The Balaban J connectivity index is 1.92. The van der Waals surface area contributed by atoms with Gasteiger partial charge in [0.05, 0.1) is 5.60 Å². The van der Waals surface area contributed by atoms with Gasteiger partial charge in [0, 0.05) is 19.2 Å². The van der Waals surface area contributed by atoms with Gasteiger partial charge in [-0.2, -0.15) is 0 Å². The summed E-state index contributed by atoms with van der Waals surface area (Å²) in [5, 5.41) is 18.7. The number of hydrogen-bond acceptors (Lipinski definition) is 3. The topological polar surface area (TPSA) is 60.8 Å². The number of hydrogen-bond donors (Lipinski definition) is 2. The molecule has 1 aliphatic heterocycles. The van der Waals surface area contributed by atoms with Gasteiger partial charge in [-0.3, -0.25) is 4.90 Å². The van der Waals surface area contributed by atoms with Gasteiger partial charge in [-0.15, -0.1) is 0 Å². The van der Waals surface area contributed by atoms with Crippen LogP contribution in [0.3, 0.4) is 0 Å². The van der Waals surface area contributed by atoms with Crippen molar-refractivity contribution in [3.05, 3.63) is 41.5 Å². The fraction of sp³-hybridized carbons (Fsp3) is 0.471. The molecule has 0 radical (unpaired) electrons. The summed E-state index contributed by atoms with van der Waals surface area (Å²) in [4.78, 5) is 12.8. The van der Waals surface area contributed by atoms with E-state index in [0.717, 1.165) is 50.5 Å². The molecule has 1 fully saturated rings. The summed E-state index contributed by atoms with van der Waals surface area (Å²) in [6.07, 6.45) is 5.43. The second-order valence-electron chi connectivity index (χ2n) is 6.04. The Morgan fingerprint density at radius 1 is 1.29 bits per heavy atom. The monoisotopic (exact) mass is 289 g/mol. The van der Waals surface area contributed by atoms with E-state index in [1.54, 1.807) is 6.08 Å². The summed E-state index contributed by atoms with van der Waals surface area (Å²) >= 11 is 0. The van der Waals surface area contributed by atoms with Gasteiger partial charge < -0.3 is 10.2 Å². The van der Waals surface area contributed by atoms with Crippen LogP contribution in [0.5, 0.6) is 0 Å². The van der Waals surface area contributed by atoms with Gasteiger partial charge in [-0.25, -0.2) is 4.79 Å². The molecule has 0 aliphatic carbocycles. The second kappa shape index (κ2) is 6.87. The number of benzene rings is 1. The number of carboxylic acids is 1. The van der Waals surface area contributed by atoms with Crippen LogP contribution in [-0.4, -0.2) is 39.8 Å². The van der Waals surface area contributed by atoms with Crippen LogP contribution in [0, 0.1) is 0 Å². The molecule has 0 spiro atoms. The average molecular weight is 289 g/mol. The molecule has 114 valence electrons. The second-order valence-corrected chi connectivity index (χ2v) is 6.04. The Labute approximate surface area is 125 Å². The molecular weight excluding hydrogens is 266 g/mol. The summed E-state index contributed by atoms with van der Waals surface area (Å²) in [7, 11) is 0. The Bertz CT molecular complexity index is 505. The number of aliphatic hydroxyl groups is 1. The highest BCUT2D eigenvalue weighted by molar-refractivity contribution is 5.85. The lowest BCUT2D eigenvalue weighted by atomic mass is 9.98. The standard InChI is InChI=1S/C17H23NO3/c1-17(21)9-2-11-18(12-10-17)13-15-5-3-14(4-6-15)7-8-16(19)20/h3-8,21H,2,9-13H2,1H3,(H,19,20)/b8-7+. The van der Waals surface area contributed by atoms with Crippen LogP contribution in [0.15, 0.2) is 30.3 Å². The van der Waals surface area contributed by atoms with Gasteiger partial charge in [0.2, 0.25) is 0 Å². The fourth-order valence-corrected chi connectivity index (χ4v) is 2.64. The molecule has 4 nitrogen and oxygen atoms in total. The normalized spacial score (nSPS) is 24.1. The zero-order valence-corrected chi connectivity index (χ0v) is 12.5. The average Bonchev–Trinajstić information content (AvgIpc) is 2.59. The minimum absolute atomic E-state index is 0.528. The van der Waals surface area contributed by atoms with Crippen molar-refractivity contribution in [3.8, 4) is 0 Å². The third-order valence-electron chi connectivity index (χ3n) is 3.96. The molecule has 1 aliphatic rings. The first-order valence-electron chi connectivity index (χ1n) is 7.39. The van der Waals surface area contributed by atoms with Gasteiger partial charge in [-0.05, 0) is 49.9 Å². The van der Waals surface area contributed by atoms with E-state index in [9.17, 15) is 9.90 Å². The lowest BCUT2D eigenvalue weighted by molar-refractivity contribution is -0.131. The van der Waals surface area contributed by atoms with Gasteiger partial charge >= 0.3 is 5.97 Å². The maximum atomic E-state index is 10.5. The number of carboxylic acid groups (broad SMARTS) is 1. The molecular formula is C17H23NO3. The summed E-state index contributed by atoms with van der Waals surface area (Å²) in [5.74, 6) is -0.935. The SMILES string of the molecule is CC1(O)CCCN(Cc2ccc(/C=C/C(=O)O)cc2)CC1. The molecule has 4 heteroatoms. The molecule has 1 unspecified atom stereocenters. The lowest BCUT2D eigenvalue weighted by Gasteiger charge is -2.22. The smallest absolute Gasteiger partial charge is 0.328 e. The van der Waals surface area contributed by atoms with Crippen LogP contribution >= 0.6 is 0 Å². The molecule has 1 aromatic carbocycles. The Morgan fingerprint density at radius 3 is 2.67 bits per heavy atom. The van der Waals surface area contributed by atoms with Crippen molar-refractivity contribution in [2.45, 2.75) is 38.3 Å². The van der Waals surface area contributed by atoms with Crippen molar-refractivity contribution in [2.75, 3.05) is 13.1 Å². The number of nitrogens with zero attached hydrogens (tertiary/aromatic N) is 1. The highest BCUT2D eigenvalue weighted by Crippen LogP contribution is 2.22. The molecule has 0 aromatic heterocycles. The highest BCUT2D eigenvalue weighted by Gasteiger charge is 2.24. The van der Waals surface area contributed by atoms with Crippen LogP contribution in [-0.2, 0) is 11.3 Å². The lowest BCUT2D eigenvalue weighted by Crippen LogP contribution is -2.28. The third kappa shape index (κ3) is 5.33.